The van der Waals surface area contributed by atoms with Crippen molar-refractivity contribution in [2.75, 3.05) is 13.2 Å². The number of benzene rings is 1. The third-order valence-electron chi connectivity index (χ3n) is 12.6. The Kier molecular flexibility index (Phi) is 32.2. The maximum absolute atomic E-state index is 14.2. The molecule has 1 aromatic rings. The zero-order valence-corrected chi connectivity index (χ0v) is 39.5. The lowest BCUT2D eigenvalue weighted by atomic mass is 9.94. The average Bonchev–Trinajstić information content (AvgIpc) is 3.27. The van der Waals surface area contributed by atoms with Gasteiger partial charge in [-0.2, -0.15) is 0 Å². The van der Waals surface area contributed by atoms with Crippen molar-refractivity contribution in [1.82, 2.24) is 15.5 Å². The fourth-order valence-electron chi connectivity index (χ4n) is 8.64. The summed E-state index contributed by atoms with van der Waals surface area (Å²) in [7, 11) is 0. The number of unbranched alkanes of at least 4 members (excludes halogenated alkanes) is 25. The van der Waals surface area contributed by atoms with Crippen LogP contribution in [0.5, 0.6) is 0 Å². The van der Waals surface area contributed by atoms with Gasteiger partial charge in [0.1, 0.15) is 30.4 Å². The smallest absolute Gasteiger partial charge is 0.303 e. The number of carbonyl (C=O) groups excluding carboxylic acids is 3. The van der Waals surface area contributed by atoms with Crippen molar-refractivity contribution in [1.29, 1.82) is 0 Å². The van der Waals surface area contributed by atoms with Gasteiger partial charge in [0.2, 0.25) is 17.7 Å². The number of nitrogens with one attached hydrogen (secondary N) is 2. The second-order valence-corrected chi connectivity index (χ2v) is 18.1. The molecule has 63 heavy (non-hydrogen) atoms. The Labute approximate surface area is 381 Å². The number of aliphatic hydroxyl groups is 3. The van der Waals surface area contributed by atoms with Gasteiger partial charge in [-0.15, -0.1) is 0 Å². The number of hydrogen-bond acceptors (Lipinski definition) is 8. The fourth-order valence-corrected chi connectivity index (χ4v) is 8.64. The molecule has 3 amide bonds. The van der Waals surface area contributed by atoms with Gasteiger partial charge in [0, 0.05) is 25.8 Å². The maximum Gasteiger partial charge on any atom is 0.303 e. The number of carbonyl (C=O) groups is 4. The molecule has 12 nitrogen and oxygen atoms in total. The normalized spacial score (nSPS) is 19.1. The van der Waals surface area contributed by atoms with Crippen molar-refractivity contribution in [3.05, 3.63) is 35.9 Å². The molecule has 2 rings (SSSR count). The second kappa shape index (κ2) is 36.2. The third kappa shape index (κ3) is 25.3. The average molecular weight is 888 g/mol. The first-order valence-corrected chi connectivity index (χ1v) is 25.4. The summed E-state index contributed by atoms with van der Waals surface area (Å²) in [5.41, 5.74) is 0.737. The van der Waals surface area contributed by atoms with E-state index in [4.69, 9.17) is 9.84 Å². The number of carboxylic acids is 1. The van der Waals surface area contributed by atoms with Gasteiger partial charge in [0.25, 0.3) is 0 Å². The maximum atomic E-state index is 14.2. The third-order valence-corrected chi connectivity index (χ3v) is 12.6. The Hall–Kier alpha value is -3.06. The molecule has 1 heterocycles. The zero-order valence-electron chi connectivity index (χ0n) is 39.5. The van der Waals surface area contributed by atoms with E-state index in [1.165, 1.54) is 122 Å². The Morgan fingerprint density at radius 3 is 1.54 bits per heavy atom. The van der Waals surface area contributed by atoms with E-state index in [9.17, 15) is 34.5 Å². The van der Waals surface area contributed by atoms with Crippen LogP contribution in [0.25, 0.3) is 0 Å². The van der Waals surface area contributed by atoms with Crippen LogP contribution in [-0.4, -0.2) is 98.8 Å². The lowest BCUT2D eigenvalue weighted by Crippen LogP contribution is -2.70. The lowest BCUT2D eigenvalue weighted by molar-refractivity contribution is -0.231. The summed E-state index contributed by atoms with van der Waals surface area (Å²) in [5.74, 6) is -2.64. The molecule has 12 heteroatoms. The van der Waals surface area contributed by atoms with E-state index in [1.807, 2.05) is 6.07 Å². The van der Waals surface area contributed by atoms with E-state index >= 15 is 0 Å². The topological polar surface area (TPSA) is 186 Å². The Bertz CT molecular complexity index is 1330. The van der Waals surface area contributed by atoms with E-state index in [-0.39, 0.29) is 25.2 Å². The van der Waals surface area contributed by atoms with E-state index < -0.39 is 67.4 Å². The van der Waals surface area contributed by atoms with Crippen LogP contribution in [0.1, 0.15) is 212 Å². The zero-order chi connectivity index (χ0) is 45.9. The van der Waals surface area contributed by atoms with Gasteiger partial charge in [0.05, 0.1) is 13.0 Å². The molecule has 6 N–H and O–H groups in total. The van der Waals surface area contributed by atoms with Gasteiger partial charge in [-0.05, 0) is 18.4 Å². The molecule has 0 unspecified atom stereocenters. The number of nitrogens with zero attached hydrogens (tertiary/aromatic N) is 1. The number of amides is 3. The predicted octanol–water partition coefficient (Wildman–Crippen LogP) is 9.29. The highest BCUT2D eigenvalue weighted by molar-refractivity contribution is 5.89. The number of carboxylic acid groups (broad SMARTS) is 1. The molecule has 1 aliphatic heterocycles. The number of hydrogen-bond donors (Lipinski definition) is 6. The molecule has 0 saturated carbocycles. The molecule has 1 saturated heterocycles. The van der Waals surface area contributed by atoms with Gasteiger partial charge >= 0.3 is 5.97 Å². The SMILES string of the molecule is CCCCCCCCCCCCCCCCCC(=O)N(CCCCCCCCCCCCCC)[C@@H]1O[C@H](CO)[C@@H](O)[C@H](O)[C@@H]1NC(=O)[C@H](Cc1ccccc1)NC(=O)CCC(=O)O. The monoisotopic (exact) mass is 888 g/mol. The lowest BCUT2D eigenvalue weighted by Gasteiger charge is -2.47. The summed E-state index contributed by atoms with van der Waals surface area (Å²) in [6.07, 6.45) is 26.0. The van der Waals surface area contributed by atoms with Gasteiger partial charge in [-0.1, -0.05) is 205 Å². The highest BCUT2D eigenvalue weighted by Gasteiger charge is 2.48. The van der Waals surface area contributed by atoms with E-state index in [2.05, 4.69) is 24.5 Å². The van der Waals surface area contributed by atoms with Crippen molar-refractivity contribution in [2.24, 2.45) is 0 Å². The van der Waals surface area contributed by atoms with Gasteiger partial charge in [0.15, 0.2) is 6.23 Å². The minimum Gasteiger partial charge on any atom is -0.481 e. The summed E-state index contributed by atoms with van der Waals surface area (Å²) in [6.45, 7) is 4.19. The molecular formula is C51H89N3O9. The van der Waals surface area contributed by atoms with Gasteiger partial charge < -0.3 is 40.7 Å². The van der Waals surface area contributed by atoms with Crippen LogP contribution >= 0.6 is 0 Å². The Morgan fingerprint density at radius 2 is 1.08 bits per heavy atom. The largest absolute Gasteiger partial charge is 0.481 e. The first-order chi connectivity index (χ1) is 30.6. The molecule has 1 fully saturated rings. The van der Waals surface area contributed by atoms with Gasteiger partial charge in [-0.25, -0.2) is 0 Å². The quantitative estimate of drug-likeness (QED) is 0.0351. The van der Waals surface area contributed by atoms with Gasteiger partial charge in [-0.3, -0.25) is 19.2 Å². The number of rotatable bonds is 39. The van der Waals surface area contributed by atoms with Crippen LogP contribution in [0.15, 0.2) is 30.3 Å². The van der Waals surface area contributed by atoms with E-state index in [0.717, 1.165) is 44.1 Å². The molecule has 0 aromatic heterocycles. The molecular weight excluding hydrogens is 799 g/mol. The van der Waals surface area contributed by atoms with Crippen molar-refractivity contribution in [3.8, 4) is 0 Å². The molecule has 0 aliphatic carbocycles. The van der Waals surface area contributed by atoms with Crippen molar-refractivity contribution in [2.45, 2.75) is 250 Å². The molecule has 362 valence electrons. The standard InChI is InChI=1S/C51H89N3O9/c1-3-5-7-9-11-13-15-17-18-19-20-22-24-26-31-35-45(57)54(38-32-27-25-23-21-16-14-12-10-8-6-4-2)51-47(49(61)48(60)43(40-55)63-51)53-50(62)42(39-41-33-29-28-30-34-41)52-44(56)36-37-46(58)59/h28-30,33-34,42-43,47-49,51,55,60-61H,3-27,31-32,35-40H2,1-2H3,(H,52,56)(H,53,62)(H,58,59)/t42-,43+,47-,48+,49+,51+/m0/s1. The highest BCUT2D eigenvalue weighted by Crippen LogP contribution is 2.26. The highest BCUT2D eigenvalue weighted by atomic mass is 16.5. The Balaban J connectivity index is 2.10. The summed E-state index contributed by atoms with van der Waals surface area (Å²) in [4.78, 5) is 53.9. The van der Waals surface area contributed by atoms with E-state index in [1.54, 1.807) is 29.2 Å². The summed E-state index contributed by atoms with van der Waals surface area (Å²) in [5, 5.41) is 47.3. The Morgan fingerprint density at radius 1 is 0.619 bits per heavy atom. The van der Waals surface area contributed by atoms with Crippen LogP contribution < -0.4 is 10.6 Å². The molecule has 0 bridgehead atoms. The molecule has 1 aromatic carbocycles. The van der Waals surface area contributed by atoms with Crippen molar-refractivity contribution < 1.29 is 44.3 Å². The molecule has 0 radical (unpaired) electrons. The van der Waals surface area contributed by atoms with Crippen LogP contribution in [0.2, 0.25) is 0 Å². The number of aliphatic carboxylic acids is 1. The summed E-state index contributed by atoms with van der Waals surface area (Å²) >= 11 is 0. The minimum atomic E-state index is -1.60. The van der Waals surface area contributed by atoms with Crippen LogP contribution in [0, 0.1) is 0 Å². The van der Waals surface area contributed by atoms with Crippen molar-refractivity contribution >= 4 is 23.7 Å². The number of ether oxygens (including phenoxy) is 1. The van der Waals surface area contributed by atoms with Crippen LogP contribution in [0.4, 0.5) is 0 Å². The van der Waals surface area contributed by atoms with Crippen LogP contribution in [0.3, 0.4) is 0 Å². The minimum absolute atomic E-state index is 0.0718. The first kappa shape index (κ1) is 56.1. The number of aliphatic hydroxyl groups excluding tert-OH is 3. The van der Waals surface area contributed by atoms with E-state index in [0.29, 0.717) is 19.4 Å². The van der Waals surface area contributed by atoms with Crippen LogP contribution in [-0.2, 0) is 30.3 Å². The predicted molar refractivity (Wildman–Crippen MR) is 251 cm³/mol. The fraction of sp³-hybridized carbons (Fsp3) is 0.804. The molecule has 0 spiro atoms. The molecule has 6 atom stereocenters. The first-order valence-electron chi connectivity index (χ1n) is 25.4. The molecule has 1 aliphatic rings. The summed E-state index contributed by atoms with van der Waals surface area (Å²) in [6, 6.07) is 6.58. The summed E-state index contributed by atoms with van der Waals surface area (Å²) < 4.78 is 6.22. The van der Waals surface area contributed by atoms with Crippen molar-refractivity contribution in [3.63, 3.8) is 0 Å². The second-order valence-electron chi connectivity index (χ2n) is 18.1.